The molecule has 3 rings (SSSR count). The summed E-state index contributed by atoms with van der Waals surface area (Å²) in [5.74, 6) is -0.0928. The van der Waals surface area contributed by atoms with Crippen molar-refractivity contribution in [3.05, 3.63) is 35.9 Å². The van der Waals surface area contributed by atoms with Gasteiger partial charge in [-0.3, -0.25) is 9.59 Å². The average molecular weight is 287 g/mol. The molecule has 0 aromatic heterocycles. The molecule has 1 saturated heterocycles. The van der Waals surface area contributed by atoms with Gasteiger partial charge in [0.25, 0.3) is 5.91 Å². The number of piperazine rings is 1. The summed E-state index contributed by atoms with van der Waals surface area (Å²) in [6.45, 7) is 4.31. The topological polar surface area (TPSA) is 61.4 Å². The Bertz CT molecular complexity index is 540. The molecule has 1 aliphatic heterocycles. The van der Waals surface area contributed by atoms with E-state index in [2.05, 4.69) is 17.6 Å². The molecule has 112 valence electrons. The van der Waals surface area contributed by atoms with E-state index in [4.69, 9.17) is 0 Å². The maximum atomic E-state index is 12.7. The van der Waals surface area contributed by atoms with Crippen LogP contribution in [0.5, 0.6) is 0 Å². The second-order valence-corrected chi connectivity index (χ2v) is 6.01. The molecule has 0 spiro atoms. The van der Waals surface area contributed by atoms with Gasteiger partial charge in [0.1, 0.15) is 5.54 Å². The standard InChI is InChI=1S/C16H21N3O2/c1-12-11-19(10-9-17-12)15(21)16(7-8-16)18-14(20)13-5-3-2-4-6-13/h2-6,12,17H,7-11H2,1H3,(H,18,20). The van der Waals surface area contributed by atoms with E-state index >= 15 is 0 Å². The quantitative estimate of drug-likeness (QED) is 0.863. The van der Waals surface area contributed by atoms with Gasteiger partial charge in [-0.05, 0) is 31.9 Å². The molecule has 0 radical (unpaired) electrons. The molecule has 1 aliphatic carbocycles. The van der Waals surface area contributed by atoms with Crippen molar-refractivity contribution in [1.29, 1.82) is 0 Å². The van der Waals surface area contributed by atoms with Crippen molar-refractivity contribution in [2.24, 2.45) is 0 Å². The molecular formula is C16H21N3O2. The van der Waals surface area contributed by atoms with E-state index < -0.39 is 5.54 Å². The molecule has 21 heavy (non-hydrogen) atoms. The molecule has 1 unspecified atom stereocenters. The third kappa shape index (κ3) is 2.93. The highest BCUT2D eigenvalue weighted by Gasteiger charge is 2.53. The van der Waals surface area contributed by atoms with Gasteiger partial charge in [0, 0.05) is 31.2 Å². The smallest absolute Gasteiger partial charge is 0.252 e. The van der Waals surface area contributed by atoms with Crippen molar-refractivity contribution >= 4 is 11.8 Å². The number of hydrogen-bond acceptors (Lipinski definition) is 3. The molecule has 2 amide bonds. The first kappa shape index (κ1) is 14.1. The van der Waals surface area contributed by atoms with E-state index in [-0.39, 0.29) is 11.8 Å². The second-order valence-electron chi connectivity index (χ2n) is 6.01. The first-order chi connectivity index (χ1) is 10.1. The summed E-state index contributed by atoms with van der Waals surface area (Å²) in [5, 5.41) is 6.27. The highest BCUT2D eigenvalue weighted by atomic mass is 16.2. The van der Waals surface area contributed by atoms with Gasteiger partial charge in [0.05, 0.1) is 0 Å². The van der Waals surface area contributed by atoms with Gasteiger partial charge in [0.2, 0.25) is 5.91 Å². The molecule has 1 saturated carbocycles. The van der Waals surface area contributed by atoms with Crippen LogP contribution in [0.2, 0.25) is 0 Å². The molecular weight excluding hydrogens is 266 g/mol. The van der Waals surface area contributed by atoms with Crippen LogP contribution in [0.15, 0.2) is 30.3 Å². The summed E-state index contributed by atoms with van der Waals surface area (Å²) in [6, 6.07) is 9.37. The fourth-order valence-electron chi connectivity index (χ4n) is 2.82. The van der Waals surface area contributed by atoms with Crippen LogP contribution in [-0.4, -0.2) is 47.9 Å². The highest BCUT2D eigenvalue weighted by molar-refractivity contribution is 6.00. The summed E-state index contributed by atoms with van der Waals surface area (Å²) in [7, 11) is 0. The monoisotopic (exact) mass is 287 g/mol. The van der Waals surface area contributed by atoms with Crippen molar-refractivity contribution in [3.8, 4) is 0 Å². The molecule has 1 heterocycles. The zero-order valence-electron chi connectivity index (χ0n) is 12.3. The number of carbonyl (C=O) groups is 2. The maximum absolute atomic E-state index is 12.7. The lowest BCUT2D eigenvalue weighted by molar-refractivity contribution is -0.135. The van der Waals surface area contributed by atoms with Crippen LogP contribution in [0.25, 0.3) is 0 Å². The third-order valence-electron chi connectivity index (χ3n) is 4.20. The van der Waals surface area contributed by atoms with E-state index in [1.54, 1.807) is 12.1 Å². The van der Waals surface area contributed by atoms with Crippen LogP contribution in [0.4, 0.5) is 0 Å². The fraction of sp³-hybridized carbons (Fsp3) is 0.500. The Morgan fingerprint density at radius 3 is 2.62 bits per heavy atom. The van der Waals surface area contributed by atoms with Gasteiger partial charge in [-0.2, -0.15) is 0 Å². The Morgan fingerprint density at radius 2 is 2.00 bits per heavy atom. The van der Waals surface area contributed by atoms with E-state index in [0.29, 0.717) is 24.7 Å². The van der Waals surface area contributed by atoms with Gasteiger partial charge in [-0.1, -0.05) is 18.2 Å². The van der Waals surface area contributed by atoms with Crippen molar-refractivity contribution in [2.45, 2.75) is 31.3 Å². The van der Waals surface area contributed by atoms with E-state index in [1.165, 1.54) is 0 Å². The van der Waals surface area contributed by atoms with Gasteiger partial charge < -0.3 is 15.5 Å². The highest BCUT2D eigenvalue weighted by Crippen LogP contribution is 2.37. The summed E-state index contributed by atoms with van der Waals surface area (Å²) < 4.78 is 0. The number of amides is 2. The number of nitrogens with one attached hydrogen (secondary N) is 2. The number of benzene rings is 1. The van der Waals surface area contributed by atoms with Crippen molar-refractivity contribution in [1.82, 2.24) is 15.5 Å². The molecule has 2 aliphatic rings. The van der Waals surface area contributed by atoms with Crippen LogP contribution < -0.4 is 10.6 Å². The first-order valence-corrected chi connectivity index (χ1v) is 7.51. The Balaban J connectivity index is 1.67. The lowest BCUT2D eigenvalue weighted by Gasteiger charge is -2.34. The zero-order chi connectivity index (χ0) is 14.9. The van der Waals surface area contributed by atoms with Gasteiger partial charge in [0.15, 0.2) is 0 Å². The molecule has 1 atom stereocenters. The normalized spacial score (nSPS) is 23.5. The Hall–Kier alpha value is -1.88. The molecule has 1 aromatic carbocycles. The fourth-order valence-corrected chi connectivity index (χ4v) is 2.82. The lowest BCUT2D eigenvalue weighted by atomic mass is 10.1. The minimum atomic E-state index is -0.663. The average Bonchev–Trinajstić information content (AvgIpc) is 3.28. The van der Waals surface area contributed by atoms with Crippen molar-refractivity contribution in [2.75, 3.05) is 19.6 Å². The van der Waals surface area contributed by atoms with Crippen molar-refractivity contribution in [3.63, 3.8) is 0 Å². The van der Waals surface area contributed by atoms with Crippen LogP contribution in [0.3, 0.4) is 0 Å². The van der Waals surface area contributed by atoms with E-state index in [9.17, 15) is 9.59 Å². The Kier molecular flexibility index (Phi) is 3.68. The van der Waals surface area contributed by atoms with Crippen molar-refractivity contribution < 1.29 is 9.59 Å². The maximum Gasteiger partial charge on any atom is 0.252 e. The minimum absolute atomic E-state index is 0.0696. The minimum Gasteiger partial charge on any atom is -0.338 e. The molecule has 2 N–H and O–H groups in total. The first-order valence-electron chi connectivity index (χ1n) is 7.51. The van der Waals surface area contributed by atoms with Crippen LogP contribution in [0.1, 0.15) is 30.1 Å². The summed E-state index contributed by atoms with van der Waals surface area (Å²) >= 11 is 0. The lowest BCUT2D eigenvalue weighted by Crippen LogP contribution is -2.57. The van der Waals surface area contributed by atoms with Gasteiger partial charge in [-0.15, -0.1) is 0 Å². The van der Waals surface area contributed by atoms with Crippen LogP contribution in [0, 0.1) is 0 Å². The number of nitrogens with zero attached hydrogens (tertiary/aromatic N) is 1. The van der Waals surface area contributed by atoms with E-state index in [0.717, 1.165) is 19.4 Å². The third-order valence-corrected chi connectivity index (χ3v) is 4.20. The molecule has 1 aromatic rings. The molecule has 5 heteroatoms. The summed E-state index contributed by atoms with van der Waals surface area (Å²) in [5.41, 5.74) is -0.0606. The molecule has 5 nitrogen and oxygen atoms in total. The van der Waals surface area contributed by atoms with Gasteiger partial charge in [-0.25, -0.2) is 0 Å². The largest absolute Gasteiger partial charge is 0.338 e. The van der Waals surface area contributed by atoms with Crippen LogP contribution in [-0.2, 0) is 4.79 Å². The Morgan fingerprint density at radius 1 is 1.29 bits per heavy atom. The zero-order valence-corrected chi connectivity index (χ0v) is 12.3. The second kappa shape index (κ2) is 5.48. The Labute approximate surface area is 124 Å². The number of carbonyl (C=O) groups excluding carboxylic acids is 2. The predicted molar refractivity (Wildman–Crippen MR) is 79.9 cm³/mol. The van der Waals surface area contributed by atoms with Gasteiger partial charge >= 0.3 is 0 Å². The SMILES string of the molecule is CC1CN(C(=O)C2(NC(=O)c3ccccc3)CC2)CCN1. The molecule has 2 fully saturated rings. The number of hydrogen-bond donors (Lipinski definition) is 2. The summed E-state index contributed by atoms with van der Waals surface area (Å²) in [4.78, 5) is 26.8. The predicted octanol–water partition coefficient (Wildman–Crippen LogP) is 0.769. The molecule has 0 bridgehead atoms. The van der Waals surface area contributed by atoms with E-state index in [1.807, 2.05) is 23.1 Å². The van der Waals surface area contributed by atoms with Crippen LogP contribution >= 0.6 is 0 Å². The number of rotatable bonds is 3. The summed E-state index contributed by atoms with van der Waals surface area (Å²) in [6.07, 6.45) is 1.48.